The summed E-state index contributed by atoms with van der Waals surface area (Å²) >= 11 is 10.6. The number of ether oxygens (including phenoxy) is 1. The van der Waals surface area contributed by atoms with Gasteiger partial charge in [-0.2, -0.15) is 0 Å². The van der Waals surface area contributed by atoms with E-state index in [0.29, 0.717) is 37.7 Å². The molecular formula is C28H20BrClN2O6S. The number of hydrogen-bond acceptors (Lipinski definition) is 7. The quantitative estimate of drug-likeness (QED) is 0.295. The summed E-state index contributed by atoms with van der Waals surface area (Å²) in [4.78, 5) is 43.2. The van der Waals surface area contributed by atoms with Crippen LogP contribution in [0.2, 0.25) is 5.02 Å². The van der Waals surface area contributed by atoms with Crippen molar-refractivity contribution in [2.45, 2.75) is 19.9 Å². The molecule has 11 heteroatoms. The number of rotatable bonds is 6. The van der Waals surface area contributed by atoms with Crippen molar-refractivity contribution in [3.8, 4) is 11.3 Å². The summed E-state index contributed by atoms with van der Waals surface area (Å²) in [5.41, 5.74) is 1.67. The van der Waals surface area contributed by atoms with Gasteiger partial charge in [-0.25, -0.2) is 14.6 Å². The Balaban J connectivity index is 1.61. The summed E-state index contributed by atoms with van der Waals surface area (Å²) in [5, 5.41) is 9.49. The van der Waals surface area contributed by atoms with Gasteiger partial charge in [-0.3, -0.25) is 9.36 Å². The first kappa shape index (κ1) is 26.9. The number of hydrogen-bond donors (Lipinski definition) is 1. The minimum absolute atomic E-state index is 0.0406. The van der Waals surface area contributed by atoms with E-state index in [0.717, 1.165) is 10.0 Å². The zero-order valence-electron chi connectivity index (χ0n) is 20.6. The molecule has 1 N–H and O–H groups in total. The van der Waals surface area contributed by atoms with E-state index in [4.69, 9.17) is 20.8 Å². The number of nitrogens with zero attached hydrogens (tertiary/aromatic N) is 2. The van der Waals surface area contributed by atoms with Crippen LogP contribution in [-0.2, 0) is 9.53 Å². The van der Waals surface area contributed by atoms with Crippen molar-refractivity contribution >= 4 is 56.9 Å². The lowest BCUT2D eigenvalue weighted by molar-refractivity contribution is -0.139. The predicted molar refractivity (Wildman–Crippen MR) is 151 cm³/mol. The number of allylic oxidation sites excluding steroid dienone is 1. The highest BCUT2D eigenvalue weighted by Gasteiger charge is 2.33. The van der Waals surface area contributed by atoms with Crippen molar-refractivity contribution in [1.82, 2.24) is 4.57 Å². The zero-order chi connectivity index (χ0) is 27.8. The summed E-state index contributed by atoms with van der Waals surface area (Å²) < 4.78 is 14.0. The molecule has 1 aliphatic rings. The van der Waals surface area contributed by atoms with Crippen molar-refractivity contribution < 1.29 is 23.8 Å². The zero-order valence-corrected chi connectivity index (χ0v) is 23.8. The van der Waals surface area contributed by atoms with E-state index in [-0.39, 0.29) is 22.8 Å². The molecule has 1 atom stereocenters. The van der Waals surface area contributed by atoms with Crippen LogP contribution in [0.3, 0.4) is 0 Å². The largest absolute Gasteiger partial charge is 0.478 e. The fraction of sp³-hybridized carbons (Fsp3) is 0.143. The molecule has 0 amide bonds. The van der Waals surface area contributed by atoms with Crippen LogP contribution in [-0.4, -0.2) is 28.2 Å². The summed E-state index contributed by atoms with van der Waals surface area (Å²) in [6, 6.07) is 14.6. The van der Waals surface area contributed by atoms with Gasteiger partial charge in [-0.15, -0.1) is 0 Å². The number of aromatic nitrogens is 1. The molecule has 0 spiro atoms. The normalized spacial score (nSPS) is 15.2. The Morgan fingerprint density at radius 1 is 1.21 bits per heavy atom. The smallest absolute Gasteiger partial charge is 0.338 e. The van der Waals surface area contributed by atoms with Crippen LogP contribution in [0, 0.1) is 0 Å². The lowest BCUT2D eigenvalue weighted by Gasteiger charge is -2.24. The van der Waals surface area contributed by atoms with E-state index in [1.807, 2.05) is 24.3 Å². The third-order valence-electron chi connectivity index (χ3n) is 6.08. The molecule has 0 aliphatic carbocycles. The maximum atomic E-state index is 13.7. The molecule has 198 valence electrons. The number of fused-ring (bicyclic) bond motifs is 1. The number of esters is 1. The number of furan rings is 1. The Morgan fingerprint density at radius 2 is 1.95 bits per heavy atom. The van der Waals surface area contributed by atoms with Gasteiger partial charge in [0.1, 0.15) is 11.5 Å². The van der Waals surface area contributed by atoms with E-state index in [1.54, 1.807) is 38.1 Å². The lowest BCUT2D eigenvalue weighted by atomic mass is 9.96. The second kappa shape index (κ2) is 10.8. The molecule has 0 saturated carbocycles. The van der Waals surface area contributed by atoms with Gasteiger partial charge in [-0.05, 0) is 61.9 Å². The van der Waals surface area contributed by atoms with E-state index >= 15 is 0 Å². The molecule has 8 nitrogen and oxygen atoms in total. The Bertz CT molecular complexity index is 1830. The van der Waals surface area contributed by atoms with Crippen LogP contribution >= 0.6 is 38.9 Å². The molecule has 1 aliphatic heterocycles. The molecule has 0 saturated heterocycles. The number of carbonyl (C=O) groups excluding carboxylic acids is 1. The van der Waals surface area contributed by atoms with E-state index in [2.05, 4.69) is 20.9 Å². The summed E-state index contributed by atoms with van der Waals surface area (Å²) in [6.45, 7) is 3.64. The molecule has 2 aromatic carbocycles. The Kier molecular flexibility index (Phi) is 7.44. The van der Waals surface area contributed by atoms with Crippen LogP contribution in [0.25, 0.3) is 17.4 Å². The maximum Gasteiger partial charge on any atom is 0.338 e. The Labute approximate surface area is 239 Å². The monoisotopic (exact) mass is 626 g/mol. The summed E-state index contributed by atoms with van der Waals surface area (Å²) in [6.07, 6.45) is 1.60. The third-order valence-corrected chi connectivity index (χ3v) is 7.93. The Hall–Kier alpha value is -3.73. The molecule has 3 heterocycles. The van der Waals surface area contributed by atoms with Gasteiger partial charge < -0.3 is 14.3 Å². The molecule has 0 radical (unpaired) electrons. The average Bonchev–Trinajstić information content (AvgIpc) is 3.48. The van der Waals surface area contributed by atoms with Gasteiger partial charge in [0.2, 0.25) is 0 Å². The van der Waals surface area contributed by atoms with Crippen molar-refractivity contribution in [1.29, 1.82) is 0 Å². The van der Waals surface area contributed by atoms with E-state index in [1.165, 1.54) is 28.0 Å². The third kappa shape index (κ3) is 5.15. The highest BCUT2D eigenvalue weighted by Crippen LogP contribution is 2.31. The molecule has 0 fully saturated rings. The molecule has 0 unspecified atom stereocenters. The highest BCUT2D eigenvalue weighted by atomic mass is 79.9. The first-order valence-electron chi connectivity index (χ1n) is 11.8. The number of carboxylic acids is 1. The van der Waals surface area contributed by atoms with Gasteiger partial charge in [0.05, 0.1) is 39.0 Å². The SMILES string of the molecule is CCOC(=O)C1=C(C)N=c2s/c(=C\c3ccc(-c4ccc(Cl)c(C(=O)O)c4)o3)c(=O)n2[C@@H]1c1ccc(Br)cc1. The first-order chi connectivity index (χ1) is 18.7. The predicted octanol–water partition coefficient (Wildman–Crippen LogP) is 5.17. The van der Waals surface area contributed by atoms with Crippen molar-refractivity contribution in [2.75, 3.05) is 6.61 Å². The van der Waals surface area contributed by atoms with Crippen LogP contribution in [0.4, 0.5) is 0 Å². The number of thiazole rings is 1. The average molecular weight is 628 g/mol. The molecule has 39 heavy (non-hydrogen) atoms. The fourth-order valence-electron chi connectivity index (χ4n) is 4.31. The van der Waals surface area contributed by atoms with E-state index < -0.39 is 18.0 Å². The summed E-state index contributed by atoms with van der Waals surface area (Å²) in [7, 11) is 0. The molecule has 0 bridgehead atoms. The topological polar surface area (TPSA) is 111 Å². The fourth-order valence-corrected chi connectivity index (χ4v) is 5.80. The van der Waals surface area contributed by atoms with Crippen molar-refractivity contribution in [3.63, 3.8) is 0 Å². The standard InChI is InChI=1S/C28H20BrClN2O6S/c1-3-37-27(36)23-14(2)31-28-32(24(23)15-4-7-17(29)8-5-15)25(33)22(39-28)13-18-9-11-21(38-18)16-6-10-20(30)19(12-16)26(34)35/h4-13,24H,3H2,1-2H3,(H,34,35)/b22-13-/t24-/m1/s1. The number of halogens is 2. The van der Waals surface area contributed by atoms with Crippen molar-refractivity contribution in [2.24, 2.45) is 4.99 Å². The van der Waals surface area contributed by atoms with Gasteiger partial charge in [0, 0.05) is 16.1 Å². The Morgan fingerprint density at radius 3 is 2.64 bits per heavy atom. The van der Waals surface area contributed by atoms with E-state index in [9.17, 15) is 19.5 Å². The number of carboxylic acid groups (broad SMARTS) is 1. The number of carbonyl (C=O) groups is 2. The van der Waals surface area contributed by atoms with Gasteiger partial charge in [0.15, 0.2) is 4.80 Å². The van der Waals surface area contributed by atoms with Crippen LogP contribution in [0.15, 0.2) is 84.5 Å². The second-order valence-electron chi connectivity index (χ2n) is 8.56. The second-order valence-corrected chi connectivity index (χ2v) is 10.9. The summed E-state index contributed by atoms with van der Waals surface area (Å²) in [5.74, 6) is -0.863. The molecular weight excluding hydrogens is 608 g/mol. The first-order valence-corrected chi connectivity index (χ1v) is 13.7. The van der Waals surface area contributed by atoms with Crippen LogP contribution in [0.5, 0.6) is 0 Å². The maximum absolute atomic E-state index is 13.7. The molecule has 5 rings (SSSR count). The van der Waals surface area contributed by atoms with Crippen LogP contribution < -0.4 is 14.9 Å². The molecule has 2 aromatic heterocycles. The van der Waals surface area contributed by atoms with Gasteiger partial charge in [-0.1, -0.05) is 51.0 Å². The van der Waals surface area contributed by atoms with Crippen molar-refractivity contribution in [3.05, 3.63) is 112 Å². The number of aromatic carboxylic acids is 1. The van der Waals surface area contributed by atoms with Gasteiger partial charge in [0.25, 0.3) is 5.56 Å². The minimum atomic E-state index is -1.15. The van der Waals surface area contributed by atoms with Gasteiger partial charge >= 0.3 is 11.9 Å². The highest BCUT2D eigenvalue weighted by molar-refractivity contribution is 9.10. The number of benzene rings is 2. The lowest BCUT2D eigenvalue weighted by Crippen LogP contribution is -2.39. The van der Waals surface area contributed by atoms with Crippen LogP contribution in [0.1, 0.15) is 41.6 Å². The molecule has 4 aromatic rings. The minimum Gasteiger partial charge on any atom is -0.478 e.